The Labute approximate surface area is 77.5 Å². The van der Waals surface area contributed by atoms with E-state index < -0.39 is 17.1 Å². The van der Waals surface area contributed by atoms with Gasteiger partial charge in [-0.1, -0.05) is 6.07 Å². The maximum Gasteiger partial charge on any atom is 0.382 e. The zero-order valence-electron chi connectivity index (χ0n) is 6.89. The molecule has 0 saturated heterocycles. The Morgan fingerprint density at radius 2 is 1.79 bits per heavy atom. The smallest absolute Gasteiger partial charge is 0.382 e. The van der Waals surface area contributed by atoms with Crippen LogP contribution in [-0.2, 0) is 0 Å². The molecule has 72 valence electrons. The van der Waals surface area contributed by atoms with Crippen LogP contribution in [0.3, 0.4) is 0 Å². The monoisotopic (exact) mass is 194 g/mol. The van der Waals surface area contributed by atoms with Crippen LogP contribution in [0, 0.1) is 0 Å². The lowest BCUT2D eigenvalue weighted by molar-refractivity contribution is 0.374. The number of benzene rings is 1. The number of para-hydroxylation sites is 1. The van der Waals surface area contributed by atoms with Crippen molar-refractivity contribution in [2.75, 3.05) is 0 Å². The molecule has 0 radical (unpaired) electrons. The molecule has 1 aromatic carbocycles. The van der Waals surface area contributed by atoms with Crippen molar-refractivity contribution in [3.63, 3.8) is 0 Å². The minimum atomic E-state index is -1.09. The predicted molar refractivity (Wildman–Crippen MR) is 47.5 cm³/mol. The van der Waals surface area contributed by atoms with Crippen LogP contribution in [0.2, 0.25) is 0 Å². The quantitative estimate of drug-likeness (QED) is 0.542. The van der Waals surface area contributed by atoms with E-state index in [1.165, 1.54) is 18.2 Å². The second-order valence-corrected chi connectivity index (χ2v) is 2.74. The second kappa shape index (κ2) is 2.66. The van der Waals surface area contributed by atoms with Gasteiger partial charge in [-0.05, 0) is 12.1 Å². The molecule has 2 aromatic rings. The van der Waals surface area contributed by atoms with Crippen molar-refractivity contribution in [1.82, 2.24) is 0 Å². The lowest BCUT2D eigenvalue weighted by atomic mass is 10.2. The highest BCUT2D eigenvalue weighted by atomic mass is 16.4. The number of fused-ring (bicyclic) bond motifs is 1. The maximum absolute atomic E-state index is 10.9. The Morgan fingerprint density at radius 3 is 2.50 bits per heavy atom. The number of rotatable bonds is 0. The van der Waals surface area contributed by atoms with Gasteiger partial charge < -0.3 is 19.7 Å². The van der Waals surface area contributed by atoms with Crippen molar-refractivity contribution < 1.29 is 19.7 Å². The molecule has 3 N–H and O–H groups in total. The van der Waals surface area contributed by atoms with Crippen molar-refractivity contribution in [1.29, 1.82) is 0 Å². The zero-order chi connectivity index (χ0) is 10.3. The molecule has 0 fully saturated rings. The van der Waals surface area contributed by atoms with E-state index in [0.29, 0.717) is 0 Å². The van der Waals surface area contributed by atoms with Crippen LogP contribution in [0.4, 0.5) is 0 Å². The first-order chi connectivity index (χ1) is 6.61. The summed E-state index contributed by atoms with van der Waals surface area (Å²) < 4.78 is 4.59. The van der Waals surface area contributed by atoms with E-state index in [1.54, 1.807) is 0 Å². The summed E-state index contributed by atoms with van der Waals surface area (Å²) in [5, 5.41) is 27.8. The first-order valence-electron chi connectivity index (χ1n) is 3.78. The van der Waals surface area contributed by atoms with Gasteiger partial charge >= 0.3 is 5.63 Å². The Morgan fingerprint density at radius 1 is 1.07 bits per heavy atom. The number of phenolic OH excluding ortho intramolecular Hbond substituents is 1. The molecule has 0 aliphatic rings. The van der Waals surface area contributed by atoms with Crippen LogP contribution in [-0.4, -0.2) is 15.3 Å². The summed E-state index contributed by atoms with van der Waals surface area (Å²) >= 11 is 0. The van der Waals surface area contributed by atoms with E-state index in [4.69, 9.17) is 5.11 Å². The van der Waals surface area contributed by atoms with Gasteiger partial charge in [0, 0.05) is 0 Å². The highest BCUT2D eigenvalue weighted by molar-refractivity contribution is 5.89. The molecule has 0 atom stereocenters. The van der Waals surface area contributed by atoms with Crippen molar-refractivity contribution in [2.45, 2.75) is 0 Å². The van der Waals surface area contributed by atoms with Crippen molar-refractivity contribution >= 4 is 11.0 Å². The van der Waals surface area contributed by atoms with Crippen LogP contribution >= 0.6 is 0 Å². The number of phenols is 1. The van der Waals surface area contributed by atoms with Gasteiger partial charge in [0.05, 0.1) is 5.39 Å². The van der Waals surface area contributed by atoms with Crippen LogP contribution in [0.25, 0.3) is 11.0 Å². The molecule has 1 aromatic heterocycles. The molecule has 0 spiro atoms. The molecule has 0 aliphatic heterocycles. The van der Waals surface area contributed by atoms with Gasteiger partial charge in [-0.2, -0.15) is 0 Å². The van der Waals surface area contributed by atoms with Gasteiger partial charge in [0.15, 0.2) is 17.1 Å². The summed E-state index contributed by atoms with van der Waals surface area (Å²) in [6.45, 7) is 0. The average molecular weight is 194 g/mol. The SMILES string of the molecule is O=c1oc2c(O)cccc2c(O)c1O. The molecule has 5 nitrogen and oxygen atoms in total. The summed E-state index contributed by atoms with van der Waals surface area (Å²) in [6.07, 6.45) is 0. The van der Waals surface area contributed by atoms with Crippen LogP contribution in [0.15, 0.2) is 27.4 Å². The molecular formula is C9H6O5. The molecule has 0 bridgehead atoms. The Bertz CT molecular complexity index is 555. The summed E-state index contributed by atoms with van der Waals surface area (Å²) in [5.41, 5.74) is -1.23. The number of aromatic hydroxyl groups is 3. The van der Waals surface area contributed by atoms with Gasteiger partial charge in [0.25, 0.3) is 0 Å². The van der Waals surface area contributed by atoms with Crippen molar-refractivity contribution in [3.8, 4) is 17.2 Å². The van der Waals surface area contributed by atoms with Gasteiger partial charge in [0.1, 0.15) is 0 Å². The molecule has 2 rings (SSSR count). The molecule has 0 saturated carbocycles. The van der Waals surface area contributed by atoms with E-state index in [9.17, 15) is 15.0 Å². The van der Waals surface area contributed by atoms with E-state index in [-0.39, 0.29) is 16.7 Å². The Balaban J connectivity index is 3.06. The van der Waals surface area contributed by atoms with E-state index >= 15 is 0 Å². The molecule has 14 heavy (non-hydrogen) atoms. The van der Waals surface area contributed by atoms with Crippen LogP contribution in [0.1, 0.15) is 0 Å². The molecule has 5 heteroatoms. The van der Waals surface area contributed by atoms with Gasteiger partial charge in [-0.15, -0.1) is 0 Å². The van der Waals surface area contributed by atoms with E-state index in [0.717, 1.165) is 0 Å². The standard InChI is InChI=1S/C9H6O5/c10-5-3-1-2-4-6(11)7(12)9(13)14-8(4)5/h1-3,10-12H. The number of hydrogen-bond acceptors (Lipinski definition) is 5. The zero-order valence-corrected chi connectivity index (χ0v) is 6.89. The fraction of sp³-hybridized carbons (Fsp3) is 0. The third-order valence-corrected chi connectivity index (χ3v) is 1.86. The van der Waals surface area contributed by atoms with E-state index in [1.807, 2.05) is 0 Å². The van der Waals surface area contributed by atoms with Gasteiger partial charge in [-0.3, -0.25) is 0 Å². The summed E-state index contributed by atoms with van der Waals surface area (Å²) in [7, 11) is 0. The van der Waals surface area contributed by atoms with Crippen LogP contribution in [0.5, 0.6) is 17.2 Å². The van der Waals surface area contributed by atoms with Gasteiger partial charge in [-0.25, -0.2) is 4.79 Å². The molecule has 0 amide bonds. The lowest BCUT2D eigenvalue weighted by Gasteiger charge is -2.01. The maximum atomic E-state index is 10.9. The minimum Gasteiger partial charge on any atom is -0.504 e. The highest BCUT2D eigenvalue weighted by Crippen LogP contribution is 2.33. The topological polar surface area (TPSA) is 90.9 Å². The molecule has 0 unspecified atom stereocenters. The second-order valence-electron chi connectivity index (χ2n) is 2.74. The Kier molecular flexibility index (Phi) is 1.60. The highest BCUT2D eigenvalue weighted by Gasteiger charge is 2.14. The molecule has 1 heterocycles. The van der Waals surface area contributed by atoms with Gasteiger partial charge in [0.2, 0.25) is 5.75 Å². The third kappa shape index (κ3) is 0.990. The van der Waals surface area contributed by atoms with Crippen molar-refractivity contribution in [2.24, 2.45) is 0 Å². The largest absolute Gasteiger partial charge is 0.504 e. The van der Waals surface area contributed by atoms with Crippen LogP contribution < -0.4 is 5.63 Å². The predicted octanol–water partition coefficient (Wildman–Crippen LogP) is 0.910. The Hall–Kier alpha value is -2.17. The number of hydrogen-bond donors (Lipinski definition) is 3. The summed E-state index contributed by atoms with van der Waals surface area (Å²) in [5.74, 6) is -1.72. The normalized spacial score (nSPS) is 10.6. The average Bonchev–Trinajstić information content (AvgIpc) is 2.17. The van der Waals surface area contributed by atoms with Crippen molar-refractivity contribution in [3.05, 3.63) is 28.6 Å². The fourth-order valence-electron chi connectivity index (χ4n) is 1.18. The minimum absolute atomic E-state index is 0.0853. The first kappa shape index (κ1) is 8.43. The summed E-state index contributed by atoms with van der Waals surface area (Å²) in [6, 6.07) is 4.17. The van der Waals surface area contributed by atoms with E-state index in [2.05, 4.69) is 4.42 Å². The third-order valence-electron chi connectivity index (χ3n) is 1.86. The molecule has 0 aliphatic carbocycles. The summed E-state index contributed by atoms with van der Waals surface area (Å²) in [4.78, 5) is 10.9. The first-order valence-corrected chi connectivity index (χ1v) is 3.78. The molecular weight excluding hydrogens is 188 g/mol. The lowest BCUT2D eigenvalue weighted by Crippen LogP contribution is -1.97. The fourth-order valence-corrected chi connectivity index (χ4v) is 1.18.